The zero-order valence-electron chi connectivity index (χ0n) is 35.1. The standard InChI is InChI=1S/C19H40O3Si2.C18H38O4Si2/c1-15-16(22-24(10,11)19(5,6)7)12-13-20-17(15)14-21-23(8,9)18(2,3)4;1-17(2,3)23(7,8)21-13-15-16(19)14(11-12-20-15)22-24(9,10)18(4,5)6/h12-13,15-17H,14H2,1-11H3;11-12,14-16,19H,13H2,1-10H3. The molecule has 0 aliphatic carbocycles. The first-order chi connectivity index (χ1) is 21.2. The summed E-state index contributed by atoms with van der Waals surface area (Å²) in [6.45, 7) is 48.2. The van der Waals surface area contributed by atoms with Crippen molar-refractivity contribution in [1.82, 2.24) is 0 Å². The highest BCUT2D eigenvalue weighted by molar-refractivity contribution is 6.75. The summed E-state index contributed by atoms with van der Waals surface area (Å²) in [7, 11) is -7.36. The second-order valence-corrected chi connectivity index (χ2v) is 39.3. The highest BCUT2D eigenvalue weighted by Crippen LogP contribution is 2.41. The Balaban J connectivity index is 0.000000480. The molecule has 2 heterocycles. The fourth-order valence-electron chi connectivity index (χ4n) is 4.00. The van der Waals surface area contributed by atoms with E-state index in [1.807, 2.05) is 12.3 Å². The van der Waals surface area contributed by atoms with Gasteiger partial charge in [-0.25, -0.2) is 0 Å². The van der Waals surface area contributed by atoms with E-state index in [-0.39, 0.29) is 44.6 Å². The molecule has 0 radical (unpaired) electrons. The van der Waals surface area contributed by atoms with Crippen LogP contribution in [-0.2, 0) is 27.2 Å². The molecule has 0 aromatic heterocycles. The Kier molecular flexibility index (Phi) is 15.4. The molecule has 0 saturated heterocycles. The van der Waals surface area contributed by atoms with Gasteiger partial charge in [-0.3, -0.25) is 0 Å². The van der Waals surface area contributed by atoms with E-state index < -0.39 is 39.4 Å². The van der Waals surface area contributed by atoms with Gasteiger partial charge in [-0.15, -0.1) is 0 Å². The van der Waals surface area contributed by atoms with Gasteiger partial charge in [0.25, 0.3) is 0 Å². The summed E-state index contributed by atoms with van der Waals surface area (Å²) in [5.41, 5.74) is 0. The molecule has 11 heteroatoms. The highest BCUT2D eigenvalue weighted by atomic mass is 28.4. The van der Waals surface area contributed by atoms with Crippen molar-refractivity contribution in [2.75, 3.05) is 13.2 Å². The lowest BCUT2D eigenvalue weighted by Crippen LogP contribution is -2.52. The second kappa shape index (κ2) is 16.2. The first kappa shape index (κ1) is 45.8. The Bertz CT molecular complexity index is 976. The molecule has 0 amide bonds. The van der Waals surface area contributed by atoms with Crippen molar-refractivity contribution >= 4 is 33.3 Å². The van der Waals surface area contributed by atoms with Crippen molar-refractivity contribution in [1.29, 1.82) is 0 Å². The Morgan fingerprint density at radius 1 is 0.521 bits per heavy atom. The van der Waals surface area contributed by atoms with Crippen LogP contribution >= 0.6 is 0 Å². The van der Waals surface area contributed by atoms with E-state index in [1.165, 1.54) is 0 Å². The van der Waals surface area contributed by atoms with Crippen LogP contribution in [0.4, 0.5) is 0 Å². The van der Waals surface area contributed by atoms with Gasteiger partial charge >= 0.3 is 0 Å². The van der Waals surface area contributed by atoms with Crippen LogP contribution in [0.5, 0.6) is 0 Å². The highest BCUT2D eigenvalue weighted by Gasteiger charge is 2.45. The third-order valence-corrected chi connectivity index (χ3v) is 30.1. The average molecular weight is 747 g/mol. The summed E-state index contributed by atoms with van der Waals surface area (Å²) in [6.07, 6.45) is 6.16. The normalized spacial score (nSPS) is 26.4. The van der Waals surface area contributed by atoms with E-state index in [1.54, 1.807) is 6.26 Å². The molecule has 0 aromatic rings. The van der Waals surface area contributed by atoms with Crippen molar-refractivity contribution in [3.63, 3.8) is 0 Å². The van der Waals surface area contributed by atoms with Gasteiger partial charge in [-0.1, -0.05) is 90.0 Å². The Hall–Kier alpha value is -0.252. The van der Waals surface area contributed by atoms with E-state index in [0.717, 1.165) is 0 Å². The minimum atomic E-state index is -1.95. The van der Waals surface area contributed by atoms with Crippen LogP contribution < -0.4 is 0 Å². The Morgan fingerprint density at radius 3 is 1.21 bits per heavy atom. The minimum absolute atomic E-state index is 0.0684. The van der Waals surface area contributed by atoms with Crippen LogP contribution in [0.15, 0.2) is 24.7 Å². The van der Waals surface area contributed by atoms with Crippen molar-refractivity contribution in [2.24, 2.45) is 5.92 Å². The smallest absolute Gasteiger partial charge is 0.193 e. The van der Waals surface area contributed by atoms with Crippen LogP contribution in [0.1, 0.15) is 90.0 Å². The fraction of sp³-hybridized carbons (Fsp3) is 0.892. The molecule has 0 spiro atoms. The number of aliphatic hydroxyl groups excluding tert-OH is 1. The van der Waals surface area contributed by atoms with Gasteiger partial charge in [0.15, 0.2) is 33.3 Å². The van der Waals surface area contributed by atoms with Crippen molar-refractivity contribution in [2.45, 2.75) is 193 Å². The summed E-state index contributed by atoms with van der Waals surface area (Å²) in [6, 6.07) is 0. The molecule has 6 atom stereocenters. The van der Waals surface area contributed by atoms with Gasteiger partial charge in [-0.05, 0) is 84.7 Å². The van der Waals surface area contributed by atoms with Crippen LogP contribution in [-0.4, -0.2) is 82.1 Å². The maximum absolute atomic E-state index is 10.7. The summed E-state index contributed by atoms with van der Waals surface area (Å²) in [5, 5.41) is 11.4. The Labute approximate surface area is 301 Å². The maximum atomic E-state index is 10.7. The predicted molar refractivity (Wildman–Crippen MR) is 214 cm³/mol. The van der Waals surface area contributed by atoms with Gasteiger partial charge in [0.2, 0.25) is 0 Å². The molecule has 0 aromatic carbocycles. The van der Waals surface area contributed by atoms with Crippen molar-refractivity contribution in [3.05, 3.63) is 24.7 Å². The molecular weight excluding hydrogens is 669 g/mol. The zero-order valence-corrected chi connectivity index (χ0v) is 39.1. The van der Waals surface area contributed by atoms with E-state index in [2.05, 4.69) is 148 Å². The lowest BCUT2D eigenvalue weighted by molar-refractivity contribution is -0.0749. The molecule has 2 aliphatic heterocycles. The molecule has 2 rings (SSSR count). The molecular formula is C37H78O7Si4. The third kappa shape index (κ3) is 12.5. The molecule has 2 aliphatic rings. The largest absolute Gasteiger partial charge is 0.496 e. The average Bonchev–Trinajstić information content (AvgIpc) is 2.87. The number of ether oxygens (including phenoxy) is 2. The van der Waals surface area contributed by atoms with Crippen LogP contribution in [0.2, 0.25) is 72.5 Å². The maximum Gasteiger partial charge on any atom is 0.193 e. The first-order valence-electron chi connectivity index (χ1n) is 18.1. The van der Waals surface area contributed by atoms with Gasteiger partial charge < -0.3 is 32.3 Å². The lowest BCUT2D eigenvalue weighted by Gasteiger charge is -2.43. The number of hydrogen-bond acceptors (Lipinski definition) is 7. The quantitative estimate of drug-likeness (QED) is 0.223. The van der Waals surface area contributed by atoms with Gasteiger partial charge in [-0.2, -0.15) is 0 Å². The zero-order chi connectivity index (χ0) is 37.9. The van der Waals surface area contributed by atoms with E-state index in [4.69, 9.17) is 27.2 Å². The van der Waals surface area contributed by atoms with Crippen molar-refractivity contribution in [3.8, 4) is 0 Å². The monoisotopic (exact) mass is 746 g/mol. The lowest BCUT2D eigenvalue weighted by atomic mass is 9.97. The van der Waals surface area contributed by atoms with E-state index in [9.17, 15) is 5.11 Å². The topological polar surface area (TPSA) is 75.6 Å². The van der Waals surface area contributed by atoms with Crippen molar-refractivity contribution < 1.29 is 32.3 Å². The van der Waals surface area contributed by atoms with Crippen LogP contribution in [0.3, 0.4) is 0 Å². The number of aliphatic hydroxyl groups is 1. The summed E-state index contributed by atoms with van der Waals surface area (Å²) < 4.78 is 37.1. The van der Waals surface area contributed by atoms with Crippen LogP contribution in [0, 0.1) is 5.92 Å². The second-order valence-electron chi connectivity index (χ2n) is 20.2. The summed E-state index contributed by atoms with van der Waals surface area (Å²) in [5.74, 6) is 0.300. The molecule has 48 heavy (non-hydrogen) atoms. The predicted octanol–water partition coefficient (Wildman–Crippen LogP) is 10.6. The number of hydrogen-bond donors (Lipinski definition) is 1. The third-order valence-electron chi connectivity index (χ3n) is 12.2. The van der Waals surface area contributed by atoms with E-state index in [0.29, 0.717) is 19.1 Å². The Morgan fingerprint density at radius 2 is 0.833 bits per heavy atom. The summed E-state index contributed by atoms with van der Waals surface area (Å²) in [4.78, 5) is 0. The number of rotatable bonds is 10. The molecule has 0 saturated carbocycles. The first-order valence-corrected chi connectivity index (χ1v) is 29.8. The molecule has 7 nitrogen and oxygen atoms in total. The molecule has 6 unspecified atom stereocenters. The SMILES string of the molecule is CC(C)(C)[Si](C)(C)OCC1OC=CC(O[Si](C)(C)C(C)(C)C)C1O.CC1C(O[Si](C)(C)C(C)(C)C)C=COC1CO[Si](C)(C)C(C)(C)C. The van der Waals surface area contributed by atoms with Gasteiger partial charge in [0.1, 0.15) is 18.3 Å². The van der Waals surface area contributed by atoms with Gasteiger partial charge in [0.05, 0.1) is 37.9 Å². The van der Waals surface area contributed by atoms with E-state index >= 15 is 0 Å². The molecule has 0 bridgehead atoms. The minimum Gasteiger partial charge on any atom is -0.496 e. The fourth-order valence-corrected chi connectivity index (χ4v) is 8.60. The molecule has 1 N–H and O–H groups in total. The molecule has 0 fully saturated rings. The molecule has 284 valence electrons. The van der Waals surface area contributed by atoms with Gasteiger partial charge in [0, 0.05) is 5.92 Å². The van der Waals surface area contributed by atoms with Crippen LogP contribution in [0.25, 0.3) is 0 Å². The summed E-state index contributed by atoms with van der Waals surface area (Å²) >= 11 is 0.